The third kappa shape index (κ3) is 3.64. The maximum absolute atomic E-state index is 13.4. The first kappa shape index (κ1) is 15.6. The van der Waals surface area contributed by atoms with Gasteiger partial charge in [-0.2, -0.15) is 13.2 Å². The molecule has 2 rings (SSSR count). The average molecular weight is 322 g/mol. The highest BCUT2D eigenvalue weighted by Crippen LogP contribution is 2.34. The van der Waals surface area contributed by atoms with E-state index in [9.17, 15) is 22.0 Å². The third-order valence-corrected chi connectivity index (χ3v) is 3.12. The quantitative estimate of drug-likeness (QED) is 0.761. The monoisotopic (exact) mass is 321 g/mol. The van der Waals surface area contributed by atoms with Gasteiger partial charge in [0.05, 0.1) is 16.3 Å². The maximum atomic E-state index is 13.4. The molecule has 0 saturated heterocycles. The van der Waals surface area contributed by atoms with Crippen molar-refractivity contribution in [2.24, 2.45) is 0 Å². The van der Waals surface area contributed by atoms with E-state index < -0.39 is 23.4 Å². The van der Waals surface area contributed by atoms with Gasteiger partial charge in [0.25, 0.3) is 0 Å². The first-order valence-electron chi connectivity index (χ1n) is 5.82. The number of hydrogen-bond donors (Lipinski definition) is 1. The van der Waals surface area contributed by atoms with Crippen LogP contribution in [0.4, 0.5) is 27.6 Å². The van der Waals surface area contributed by atoms with Crippen LogP contribution in [0.5, 0.6) is 0 Å². The zero-order valence-corrected chi connectivity index (χ0v) is 11.2. The lowest BCUT2D eigenvalue weighted by atomic mass is 10.1. The molecule has 0 aliphatic heterocycles. The summed E-state index contributed by atoms with van der Waals surface area (Å²) in [6.07, 6.45) is -4.51. The number of alkyl halides is 3. The van der Waals surface area contributed by atoms with Crippen LogP contribution in [-0.2, 0) is 12.7 Å². The van der Waals surface area contributed by atoms with Crippen molar-refractivity contribution in [3.8, 4) is 0 Å². The fourth-order valence-corrected chi connectivity index (χ4v) is 1.90. The topological polar surface area (TPSA) is 12.0 Å². The predicted molar refractivity (Wildman–Crippen MR) is 70.1 cm³/mol. The zero-order valence-electron chi connectivity index (χ0n) is 10.4. The van der Waals surface area contributed by atoms with E-state index in [4.69, 9.17) is 11.6 Å². The average Bonchev–Trinajstić information content (AvgIpc) is 2.40. The molecule has 0 radical (unpaired) electrons. The second kappa shape index (κ2) is 5.89. The van der Waals surface area contributed by atoms with E-state index in [0.29, 0.717) is 0 Å². The van der Waals surface area contributed by atoms with Gasteiger partial charge in [0.2, 0.25) is 0 Å². The molecule has 1 nitrogen and oxygen atoms in total. The minimum absolute atomic E-state index is 0.00449. The van der Waals surface area contributed by atoms with Gasteiger partial charge in [-0.05, 0) is 24.3 Å². The number of nitrogens with one attached hydrogen (secondary N) is 1. The Morgan fingerprint density at radius 3 is 2.43 bits per heavy atom. The van der Waals surface area contributed by atoms with E-state index in [0.717, 1.165) is 24.3 Å². The lowest BCUT2D eigenvalue weighted by Gasteiger charge is -2.13. The second-order valence-corrected chi connectivity index (χ2v) is 4.67. The highest BCUT2D eigenvalue weighted by molar-refractivity contribution is 6.33. The van der Waals surface area contributed by atoms with Crippen LogP contribution in [0.3, 0.4) is 0 Å². The van der Waals surface area contributed by atoms with Crippen molar-refractivity contribution in [3.63, 3.8) is 0 Å². The van der Waals surface area contributed by atoms with Gasteiger partial charge in [-0.1, -0.05) is 23.7 Å². The van der Waals surface area contributed by atoms with Gasteiger partial charge in [0.1, 0.15) is 0 Å². The lowest BCUT2D eigenvalue weighted by Crippen LogP contribution is -2.08. The van der Waals surface area contributed by atoms with Crippen LogP contribution < -0.4 is 5.32 Å². The van der Waals surface area contributed by atoms with Crippen molar-refractivity contribution in [2.45, 2.75) is 12.7 Å². The van der Waals surface area contributed by atoms with E-state index in [-0.39, 0.29) is 22.8 Å². The number of halogens is 6. The Morgan fingerprint density at radius 2 is 1.76 bits per heavy atom. The van der Waals surface area contributed by atoms with Crippen molar-refractivity contribution in [2.75, 3.05) is 5.32 Å². The molecule has 1 N–H and O–H groups in total. The summed E-state index contributed by atoms with van der Waals surface area (Å²) in [5, 5.41) is 2.63. The molecule has 0 unspecified atom stereocenters. The molecule has 0 fully saturated rings. The van der Waals surface area contributed by atoms with Crippen LogP contribution >= 0.6 is 11.6 Å². The molecule has 21 heavy (non-hydrogen) atoms. The summed E-state index contributed by atoms with van der Waals surface area (Å²) >= 11 is 5.79. The normalized spacial score (nSPS) is 11.5. The number of rotatable bonds is 3. The van der Waals surface area contributed by atoms with Gasteiger partial charge >= 0.3 is 6.18 Å². The molecule has 2 aromatic carbocycles. The van der Waals surface area contributed by atoms with E-state index in [1.165, 1.54) is 12.1 Å². The first-order chi connectivity index (χ1) is 9.79. The molecule has 0 atom stereocenters. The third-order valence-electron chi connectivity index (χ3n) is 2.79. The minimum Gasteiger partial charge on any atom is -0.380 e. The number of benzene rings is 2. The number of anilines is 1. The molecule has 0 spiro atoms. The molecule has 2 aromatic rings. The second-order valence-electron chi connectivity index (χ2n) is 4.26. The van der Waals surface area contributed by atoms with Crippen molar-refractivity contribution in [3.05, 3.63) is 64.2 Å². The molecule has 0 amide bonds. The number of hydrogen-bond acceptors (Lipinski definition) is 1. The van der Waals surface area contributed by atoms with Gasteiger partial charge in [-0.3, -0.25) is 0 Å². The fourth-order valence-electron chi connectivity index (χ4n) is 1.71. The Labute approximate surface area is 122 Å². The summed E-state index contributed by atoms with van der Waals surface area (Å²) in [6, 6.07) is 6.34. The standard InChI is InChI=1S/C14H9ClF5N/c15-10-5-4-9(14(18,19)20)6-12(10)21-7-8-2-1-3-11(16)13(8)17/h1-6,21H,7H2. The maximum Gasteiger partial charge on any atom is 0.416 e. The van der Waals surface area contributed by atoms with Gasteiger partial charge in [0.15, 0.2) is 11.6 Å². The van der Waals surface area contributed by atoms with Crippen LogP contribution in [0, 0.1) is 11.6 Å². The SMILES string of the molecule is Fc1cccc(CNc2cc(C(F)(F)F)ccc2Cl)c1F. The van der Waals surface area contributed by atoms with E-state index in [2.05, 4.69) is 5.32 Å². The Balaban J connectivity index is 2.22. The minimum atomic E-state index is -4.51. The highest BCUT2D eigenvalue weighted by atomic mass is 35.5. The van der Waals surface area contributed by atoms with Crippen molar-refractivity contribution in [1.82, 2.24) is 0 Å². The molecule has 0 aliphatic carbocycles. The van der Waals surface area contributed by atoms with E-state index >= 15 is 0 Å². The van der Waals surface area contributed by atoms with Gasteiger partial charge < -0.3 is 5.32 Å². The van der Waals surface area contributed by atoms with Crippen molar-refractivity contribution < 1.29 is 22.0 Å². The van der Waals surface area contributed by atoms with Crippen LogP contribution in [0.25, 0.3) is 0 Å². The van der Waals surface area contributed by atoms with E-state index in [1.807, 2.05) is 0 Å². The highest BCUT2D eigenvalue weighted by Gasteiger charge is 2.30. The zero-order chi connectivity index (χ0) is 15.6. The van der Waals surface area contributed by atoms with Crippen molar-refractivity contribution >= 4 is 17.3 Å². The molecule has 0 saturated carbocycles. The van der Waals surface area contributed by atoms with Crippen LogP contribution in [0.2, 0.25) is 5.02 Å². The molecule has 0 aliphatic rings. The smallest absolute Gasteiger partial charge is 0.380 e. The summed E-state index contributed by atoms with van der Waals surface area (Å²) in [5.74, 6) is -2.07. The summed E-state index contributed by atoms with van der Waals surface area (Å²) in [5.41, 5.74) is -0.896. The Kier molecular flexibility index (Phi) is 4.37. The molecular formula is C14H9ClF5N. The van der Waals surface area contributed by atoms with Crippen molar-refractivity contribution in [1.29, 1.82) is 0 Å². The summed E-state index contributed by atoms with van der Waals surface area (Å²) < 4.78 is 64.3. The Morgan fingerprint density at radius 1 is 1.05 bits per heavy atom. The summed E-state index contributed by atoms with van der Waals surface area (Å²) in [7, 11) is 0. The van der Waals surface area contributed by atoms with Gasteiger partial charge in [0, 0.05) is 12.1 Å². The van der Waals surface area contributed by atoms with Gasteiger partial charge in [-0.25, -0.2) is 8.78 Å². The fraction of sp³-hybridized carbons (Fsp3) is 0.143. The summed E-state index contributed by atoms with van der Waals surface area (Å²) in [6.45, 7) is -0.190. The predicted octanol–water partition coefficient (Wildman–Crippen LogP) is 5.25. The Bertz CT molecular complexity index is 654. The summed E-state index contributed by atoms with van der Waals surface area (Å²) in [4.78, 5) is 0. The molecule has 0 bridgehead atoms. The molecular weight excluding hydrogens is 313 g/mol. The first-order valence-corrected chi connectivity index (χ1v) is 6.20. The lowest BCUT2D eigenvalue weighted by molar-refractivity contribution is -0.137. The molecule has 0 heterocycles. The van der Waals surface area contributed by atoms with Gasteiger partial charge in [-0.15, -0.1) is 0 Å². The largest absolute Gasteiger partial charge is 0.416 e. The molecule has 7 heteroatoms. The van der Waals surface area contributed by atoms with Crippen LogP contribution in [0.1, 0.15) is 11.1 Å². The van der Waals surface area contributed by atoms with Crippen LogP contribution in [0.15, 0.2) is 36.4 Å². The van der Waals surface area contributed by atoms with Crippen LogP contribution in [-0.4, -0.2) is 0 Å². The van der Waals surface area contributed by atoms with E-state index in [1.54, 1.807) is 0 Å². The molecule has 112 valence electrons. The molecule has 0 aromatic heterocycles. The Hall–Kier alpha value is -1.82.